The molecular weight excluding hydrogens is 383 g/mol. The molecular formula is C22H16F3NO3. The van der Waals surface area contributed by atoms with Gasteiger partial charge in [-0.15, -0.1) is 0 Å². The van der Waals surface area contributed by atoms with Crippen molar-refractivity contribution in [2.45, 2.75) is 6.18 Å². The number of fused-ring (bicyclic) bond motifs is 1. The van der Waals surface area contributed by atoms with E-state index in [9.17, 15) is 22.8 Å². The first-order chi connectivity index (χ1) is 13.8. The van der Waals surface area contributed by atoms with E-state index in [1.807, 2.05) is 30.3 Å². The molecule has 0 aliphatic rings. The maximum Gasteiger partial charge on any atom is 0.416 e. The Morgan fingerprint density at radius 2 is 1.62 bits per heavy atom. The first-order valence-electron chi connectivity index (χ1n) is 8.62. The molecule has 0 radical (unpaired) electrons. The number of alkyl halides is 3. The van der Waals surface area contributed by atoms with Gasteiger partial charge in [0.05, 0.1) is 5.56 Å². The fourth-order valence-electron chi connectivity index (χ4n) is 2.65. The second-order valence-electron chi connectivity index (χ2n) is 6.14. The highest BCUT2D eigenvalue weighted by atomic mass is 19.4. The first kappa shape index (κ1) is 20.1. The van der Waals surface area contributed by atoms with Crippen molar-refractivity contribution in [3.8, 4) is 0 Å². The maximum absolute atomic E-state index is 12.5. The minimum Gasteiger partial charge on any atom is -0.452 e. The number of carbonyl (C=O) groups excluding carboxylic acids is 2. The van der Waals surface area contributed by atoms with Gasteiger partial charge in [0.1, 0.15) is 0 Å². The molecule has 0 heterocycles. The van der Waals surface area contributed by atoms with Crippen molar-refractivity contribution in [1.82, 2.24) is 0 Å². The maximum atomic E-state index is 12.5. The van der Waals surface area contributed by atoms with Crippen molar-refractivity contribution in [2.75, 3.05) is 11.9 Å². The van der Waals surface area contributed by atoms with Gasteiger partial charge in [0.2, 0.25) is 0 Å². The SMILES string of the molecule is O=C(COC(=O)/C=C/c1ccc(C(F)(F)F)cc1)Nc1cccc2ccccc12. The van der Waals surface area contributed by atoms with E-state index < -0.39 is 30.2 Å². The van der Waals surface area contributed by atoms with Crippen molar-refractivity contribution in [3.05, 3.63) is 83.9 Å². The lowest BCUT2D eigenvalue weighted by atomic mass is 10.1. The lowest BCUT2D eigenvalue weighted by Crippen LogP contribution is -2.20. The minimum absolute atomic E-state index is 0.398. The van der Waals surface area contributed by atoms with E-state index in [1.54, 1.807) is 12.1 Å². The molecule has 0 bridgehead atoms. The molecule has 0 aliphatic carbocycles. The molecule has 3 aromatic rings. The van der Waals surface area contributed by atoms with Crippen molar-refractivity contribution in [1.29, 1.82) is 0 Å². The summed E-state index contributed by atoms with van der Waals surface area (Å²) in [5, 5.41) is 4.51. The number of carbonyl (C=O) groups is 2. The third-order valence-electron chi connectivity index (χ3n) is 4.06. The molecule has 0 saturated carbocycles. The summed E-state index contributed by atoms with van der Waals surface area (Å²) in [7, 11) is 0. The van der Waals surface area contributed by atoms with Crippen LogP contribution in [0.5, 0.6) is 0 Å². The van der Waals surface area contributed by atoms with Gasteiger partial charge in [-0.05, 0) is 35.2 Å². The third kappa shape index (κ3) is 5.44. The lowest BCUT2D eigenvalue weighted by Gasteiger charge is -2.08. The average molecular weight is 399 g/mol. The Morgan fingerprint density at radius 3 is 2.34 bits per heavy atom. The lowest BCUT2D eigenvalue weighted by molar-refractivity contribution is -0.142. The molecule has 1 amide bonds. The predicted molar refractivity (Wildman–Crippen MR) is 104 cm³/mol. The number of rotatable bonds is 5. The molecule has 0 spiro atoms. The van der Waals surface area contributed by atoms with Gasteiger partial charge in [-0.25, -0.2) is 4.79 Å². The summed E-state index contributed by atoms with van der Waals surface area (Å²) in [5.74, 6) is -1.28. The number of anilines is 1. The van der Waals surface area contributed by atoms with E-state index in [-0.39, 0.29) is 0 Å². The van der Waals surface area contributed by atoms with E-state index in [2.05, 4.69) is 5.32 Å². The van der Waals surface area contributed by atoms with Gasteiger partial charge in [0, 0.05) is 17.1 Å². The molecule has 1 N–H and O–H groups in total. The molecule has 3 aromatic carbocycles. The van der Waals surface area contributed by atoms with Crippen molar-refractivity contribution >= 4 is 34.4 Å². The zero-order valence-corrected chi connectivity index (χ0v) is 15.1. The molecule has 0 aliphatic heterocycles. The quantitative estimate of drug-likeness (QED) is 0.482. The Hall–Kier alpha value is -3.61. The summed E-state index contributed by atoms with van der Waals surface area (Å²) in [6.45, 7) is -0.487. The summed E-state index contributed by atoms with van der Waals surface area (Å²) in [6, 6.07) is 17.3. The smallest absolute Gasteiger partial charge is 0.416 e. The molecule has 0 saturated heterocycles. The molecule has 4 nitrogen and oxygen atoms in total. The Morgan fingerprint density at radius 1 is 0.931 bits per heavy atom. The molecule has 29 heavy (non-hydrogen) atoms. The van der Waals surface area contributed by atoms with Crippen LogP contribution in [0.2, 0.25) is 0 Å². The zero-order valence-electron chi connectivity index (χ0n) is 15.1. The summed E-state index contributed by atoms with van der Waals surface area (Å²) in [6.07, 6.45) is -2.06. The third-order valence-corrected chi connectivity index (χ3v) is 4.06. The van der Waals surface area contributed by atoms with E-state index in [0.717, 1.165) is 29.0 Å². The number of halogens is 3. The molecule has 0 aromatic heterocycles. The van der Waals surface area contributed by atoms with Crippen LogP contribution in [-0.4, -0.2) is 18.5 Å². The van der Waals surface area contributed by atoms with E-state index in [4.69, 9.17) is 4.74 Å². The summed E-state index contributed by atoms with van der Waals surface area (Å²) in [4.78, 5) is 23.8. The van der Waals surface area contributed by atoms with Crippen LogP contribution < -0.4 is 5.32 Å². The number of hydrogen-bond donors (Lipinski definition) is 1. The van der Waals surface area contributed by atoms with Crippen LogP contribution >= 0.6 is 0 Å². The number of benzene rings is 3. The minimum atomic E-state index is -4.42. The Balaban J connectivity index is 1.53. The Kier molecular flexibility index (Phi) is 5.97. The molecule has 3 rings (SSSR count). The summed E-state index contributed by atoms with van der Waals surface area (Å²) < 4.78 is 42.4. The number of hydrogen-bond acceptors (Lipinski definition) is 3. The van der Waals surface area contributed by atoms with Crippen LogP contribution in [0.4, 0.5) is 18.9 Å². The normalized spacial score (nSPS) is 11.6. The fraction of sp³-hybridized carbons (Fsp3) is 0.0909. The van der Waals surface area contributed by atoms with Crippen LogP contribution in [0, 0.1) is 0 Å². The molecule has 0 fully saturated rings. The molecule has 148 valence electrons. The summed E-state index contributed by atoms with van der Waals surface area (Å²) >= 11 is 0. The monoisotopic (exact) mass is 399 g/mol. The highest BCUT2D eigenvalue weighted by Gasteiger charge is 2.29. The number of amides is 1. The van der Waals surface area contributed by atoms with Crippen LogP contribution in [0.15, 0.2) is 72.8 Å². The van der Waals surface area contributed by atoms with Crippen molar-refractivity contribution in [3.63, 3.8) is 0 Å². The van der Waals surface area contributed by atoms with E-state index in [1.165, 1.54) is 18.2 Å². The molecule has 7 heteroatoms. The topological polar surface area (TPSA) is 55.4 Å². The highest BCUT2D eigenvalue weighted by molar-refractivity contribution is 6.03. The van der Waals surface area contributed by atoms with Crippen molar-refractivity contribution < 1.29 is 27.5 Å². The van der Waals surface area contributed by atoms with Crippen LogP contribution in [0.3, 0.4) is 0 Å². The second-order valence-corrected chi connectivity index (χ2v) is 6.14. The standard InChI is InChI=1S/C22H16F3NO3/c23-22(24,25)17-11-8-15(9-12-17)10-13-21(28)29-14-20(27)26-19-7-3-5-16-4-1-2-6-18(16)19/h1-13H,14H2,(H,26,27)/b13-10+. The van der Waals surface area contributed by atoms with E-state index >= 15 is 0 Å². The average Bonchev–Trinajstić information content (AvgIpc) is 2.71. The van der Waals surface area contributed by atoms with Gasteiger partial charge < -0.3 is 10.1 Å². The van der Waals surface area contributed by atoms with Crippen LogP contribution in [-0.2, 0) is 20.5 Å². The molecule has 0 atom stereocenters. The highest BCUT2D eigenvalue weighted by Crippen LogP contribution is 2.29. The number of esters is 1. The van der Waals surface area contributed by atoms with E-state index in [0.29, 0.717) is 11.3 Å². The second kappa shape index (κ2) is 8.60. The van der Waals surface area contributed by atoms with Gasteiger partial charge in [-0.1, -0.05) is 48.5 Å². The van der Waals surface area contributed by atoms with Crippen molar-refractivity contribution in [2.24, 2.45) is 0 Å². The fourth-order valence-corrected chi connectivity index (χ4v) is 2.65. The largest absolute Gasteiger partial charge is 0.452 e. The van der Waals surface area contributed by atoms with Gasteiger partial charge in [0.15, 0.2) is 6.61 Å². The van der Waals surface area contributed by atoms with Gasteiger partial charge in [0.25, 0.3) is 5.91 Å². The predicted octanol–water partition coefficient (Wildman–Crippen LogP) is 5.05. The first-order valence-corrected chi connectivity index (χ1v) is 8.62. The van der Waals surface area contributed by atoms with Crippen LogP contribution in [0.1, 0.15) is 11.1 Å². The Labute approximate surface area is 164 Å². The van der Waals surface area contributed by atoms with Gasteiger partial charge in [-0.3, -0.25) is 4.79 Å². The van der Waals surface area contributed by atoms with Crippen LogP contribution in [0.25, 0.3) is 16.8 Å². The zero-order chi connectivity index (χ0) is 20.9. The van der Waals surface area contributed by atoms with Gasteiger partial charge in [-0.2, -0.15) is 13.2 Å². The Bertz CT molecular complexity index is 1050. The van der Waals surface area contributed by atoms with Gasteiger partial charge >= 0.3 is 12.1 Å². The number of ether oxygens (including phenoxy) is 1. The number of nitrogens with one attached hydrogen (secondary N) is 1. The summed E-state index contributed by atoms with van der Waals surface area (Å²) in [5.41, 5.74) is 0.224. The molecule has 0 unspecified atom stereocenters.